The van der Waals surface area contributed by atoms with Crippen LogP contribution >= 0.6 is 0 Å². The van der Waals surface area contributed by atoms with Crippen LogP contribution in [0.5, 0.6) is 0 Å². The van der Waals surface area contributed by atoms with Gasteiger partial charge in [0, 0.05) is 32.4 Å². The maximum atomic E-state index is 13.6. The van der Waals surface area contributed by atoms with Crippen molar-refractivity contribution in [3.05, 3.63) is 35.4 Å². The molecule has 0 heterocycles. The van der Waals surface area contributed by atoms with E-state index in [9.17, 15) is 8.78 Å². The van der Waals surface area contributed by atoms with Gasteiger partial charge in [0.15, 0.2) is 5.96 Å². The van der Waals surface area contributed by atoms with E-state index in [0.717, 1.165) is 24.6 Å². The first-order valence-electron chi connectivity index (χ1n) is 7.70. The van der Waals surface area contributed by atoms with Gasteiger partial charge in [0.25, 0.3) is 0 Å². The fourth-order valence-corrected chi connectivity index (χ4v) is 1.80. The zero-order valence-electron chi connectivity index (χ0n) is 13.7. The highest BCUT2D eigenvalue weighted by atomic mass is 19.1. The first kappa shape index (κ1) is 19.3. The Kier molecular flexibility index (Phi) is 9.90. The van der Waals surface area contributed by atoms with E-state index in [1.807, 2.05) is 6.92 Å². The number of ether oxygens (including phenoxy) is 2. The molecular weight excluding hydrogens is 304 g/mol. The molecule has 5 nitrogen and oxygen atoms in total. The fraction of sp³-hybridized carbons (Fsp3) is 0.562. The second-order valence-corrected chi connectivity index (χ2v) is 4.82. The zero-order chi connectivity index (χ0) is 16.9. The first-order chi connectivity index (χ1) is 11.2. The number of nitrogens with one attached hydrogen (secondary N) is 2. The van der Waals surface area contributed by atoms with E-state index in [0.29, 0.717) is 38.9 Å². The Morgan fingerprint density at radius 3 is 2.74 bits per heavy atom. The molecule has 130 valence electrons. The Bertz CT molecular complexity index is 484. The molecule has 0 saturated heterocycles. The molecule has 0 atom stereocenters. The van der Waals surface area contributed by atoms with Gasteiger partial charge in [0.2, 0.25) is 0 Å². The summed E-state index contributed by atoms with van der Waals surface area (Å²) in [5, 5.41) is 6.19. The number of hydrogen-bond donors (Lipinski definition) is 2. The molecule has 1 aromatic rings. The third kappa shape index (κ3) is 8.47. The Morgan fingerprint density at radius 2 is 2.00 bits per heavy atom. The molecule has 0 aliphatic carbocycles. The van der Waals surface area contributed by atoms with Crippen LogP contribution in [0.2, 0.25) is 0 Å². The van der Waals surface area contributed by atoms with E-state index in [2.05, 4.69) is 15.6 Å². The van der Waals surface area contributed by atoms with Crippen molar-refractivity contribution >= 4 is 5.96 Å². The lowest BCUT2D eigenvalue weighted by atomic mass is 10.2. The van der Waals surface area contributed by atoms with Crippen LogP contribution in [0, 0.1) is 11.6 Å². The average molecular weight is 329 g/mol. The van der Waals surface area contributed by atoms with Crippen molar-refractivity contribution in [2.45, 2.75) is 19.9 Å². The average Bonchev–Trinajstić information content (AvgIpc) is 2.54. The Labute approximate surface area is 136 Å². The van der Waals surface area contributed by atoms with Gasteiger partial charge >= 0.3 is 0 Å². The molecule has 0 unspecified atom stereocenters. The van der Waals surface area contributed by atoms with Gasteiger partial charge in [-0.2, -0.15) is 0 Å². The van der Waals surface area contributed by atoms with Crippen LogP contribution in [-0.2, 0) is 16.0 Å². The zero-order valence-corrected chi connectivity index (χ0v) is 13.7. The normalized spacial score (nSPS) is 11.6. The molecule has 7 heteroatoms. The van der Waals surface area contributed by atoms with Crippen molar-refractivity contribution in [1.29, 1.82) is 0 Å². The second-order valence-electron chi connectivity index (χ2n) is 4.82. The van der Waals surface area contributed by atoms with Gasteiger partial charge in [-0.05, 0) is 31.5 Å². The monoisotopic (exact) mass is 329 g/mol. The quantitative estimate of drug-likeness (QED) is 0.392. The predicted octanol–water partition coefficient (Wildman–Crippen LogP) is 2.07. The number of hydrogen-bond acceptors (Lipinski definition) is 3. The Balaban J connectivity index is 2.39. The summed E-state index contributed by atoms with van der Waals surface area (Å²) < 4.78 is 36.9. The van der Waals surface area contributed by atoms with Gasteiger partial charge in [-0.1, -0.05) is 0 Å². The van der Waals surface area contributed by atoms with E-state index in [4.69, 9.17) is 9.47 Å². The number of guanidine groups is 1. The van der Waals surface area contributed by atoms with Gasteiger partial charge in [0.05, 0.1) is 19.8 Å². The highest BCUT2D eigenvalue weighted by Gasteiger charge is 2.04. The van der Waals surface area contributed by atoms with E-state index >= 15 is 0 Å². The van der Waals surface area contributed by atoms with Gasteiger partial charge in [0.1, 0.15) is 11.6 Å². The van der Waals surface area contributed by atoms with Crippen LogP contribution in [0.4, 0.5) is 8.78 Å². The molecule has 0 aliphatic heterocycles. The minimum Gasteiger partial charge on any atom is -0.382 e. The van der Waals surface area contributed by atoms with E-state index in [1.165, 1.54) is 0 Å². The molecule has 2 N–H and O–H groups in total. The lowest BCUT2D eigenvalue weighted by Crippen LogP contribution is -2.38. The maximum absolute atomic E-state index is 13.6. The third-order valence-electron chi connectivity index (χ3n) is 2.95. The van der Waals surface area contributed by atoms with E-state index in [1.54, 1.807) is 7.11 Å². The van der Waals surface area contributed by atoms with Crippen molar-refractivity contribution in [1.82, 2.24) is 10.6 Å². The van der Waals surface area contributed by atoms with Crippen LogP contribution in [0.25, 0.3) is 0 Å². The third-order valence-corrected chi connectivity index (χ3v) is 2.95. The molecule has 0 fully saturated rings. The summed E-state index contributed by atoms with van der Waals surface area (Å²) in [5.74, 6) is -0.367. The van der Waals surface area contributed by atoms with Crippen molar-refractivity contribution in [3.8, 4) is 0 Å². The Morgan fingerprint density at radius 1 is 1.17 bits per heavy atom. The smallest absolute Gasteiger partial charge is 0.191 e. The highest BCUT2D eigenvalue weighted by molar-refractivity contribution is 5.79. The number of halogens is 2. The lowest BCUT2D eigenvalue weighted by Gasteiger charge is -2.11. The van der Waals surface area contributed by atoms with Crippen LogP contribution in [0.15, 0.2) is 23.2 Å². The number of rotatable bonds is 10. The summed E-state index contributed by atoms with van der Waals surface area (Å²) in [4.78, 5) is 4.26. The first-order valence-corrected chi connectivity index (χ1v) is 7.70. The molecule has 23 heavy (non-hydrogen) atoms. The van der Waals surface area contributed by atoms with E-state index < -0.39 is 11.6 Å². The number of aliphatic imine (C=N–C) groups is 1. The molecule has 0 aromatic heterocycles. The Hall–Kier alpha value is -1.73. The molecule has 1 aromatic carbocycles. The van der Waals surface area contributed by atoms with Crippen molar-refractivity contribution < 1.29 is 18.3 Å². The van der Waals surface area contributed by atoms with Crippen LogP contribution < -0.4 is 10.6 Å². The topological polar surface area (TPSA) is 54.9 Å². The van der Waals surface area contributed by atoms with Gasteiger partial charge in [-0.15, -0.1) is 0 Å². The summed E-state index contributed by atoms with van der Waals surface area (Å²) in [6.45, 7) is 5.14. The van der Waals surface area contributed by atoms with Gasteiger partial charge < -0.3 is 20.1 Å². The molecule has 0 spiro atoms. The minimum absolute atomic E-state index is 0.0727. The molecular formula is C16H25F2N3O2. The number of benzene rings is 1. The predicted molar refractivity (Wildman–Crippen MR) is 86.5 cm³/mol. The number of nitrogens with zero attached hydrogens (tertiary/aromatic N) is 1. The molecule has 1 rings (SSSR count). The van der Waals surface area contributed by atoms with Gasteiger partial charge in [-0.25, -0.2) is 13.8 Å². The molecule has 0 aliphatic rings. The largest absolute Gasteiger partial charge is 0.382 e. The van der Waals surface area contributed by atoms with Crippen molar-refractivity contribution in [2.75, 3.05) is 40.0 Å². The number of methoxy groups -OCH3 is 1. The SMILES string of the molecule is CCNC(=NCc1cc(F)ccc1F)NCCCOCCOC. The summed E-state index contributed by atoms with van der Waals surface area (Å²) >= 11 is 0. The molecule has 0 saturated carbocycles. The summed E-state index contributed by atoms with van der Waals surface area (Å²) in [5.41, 5.74) is 0.227. The van der Waals surface area contributed by atoms with Crippen LogP contribution in [0.3, 0.4) is 0 Å². The standard InChI is InChI=1S/C16H25F2N3O2/c1-3-19-16(20-7-4-8-23-10-9-22-2)21-12-13-11-14(17)5-6-15(13)18/h5-6,11H,3-4,7-10,12H2,1-2H3,(H2,19,20,21). The minimum atomic E-state index is -0.470. The van der Waals surface area contributed by atoms with Crippen molar-refractivity contribution in [3.63, 3.8) is 0 Å². The summed E-state index contributed by atoms with van der Waals surface area (Å²) in [7, 11) is 1.63. The maximum Gasteiger partial charge on any atom is 0.191 e. The highest BCUT2D eigenvalue weighted by Crippen LogP contribution is 2.10. The fourth-order valence-electron chi connectivity index (χ4n) is 1.80. The van der Waals surface area contributed by atoms with Crippen LogP contribution in [0.1, 0.15) is 18.9 Å². The molecule has 0 amide bonds. The summed E-state index contributed by atoms with van der Waals surface area (Å²) in [6, 6.07) is 3.36. The van der Waals surface area contributed by atoms with Gasteiger partial charge in [-0.3, -0.25) is 0 Å². The van der Waals surface area contributed by atoms with Crippen molar-refractivity contribution in [2.24, 2.45) is 4.99 Å². The second kappa shape index (κ2) is 11.8. The van der Waals surface area contributed by atoms with Crippen LogP contribution in [-0.4, -0.2) is 46.0 Å². The lowest BCUT2D eigenvalue weighted by molar-refractivity contribution is 0.0698. The molecule has 0 radical (unpaired) electrons. The van der Waals surface area contributed by atoms with E-state index in [-0.39, 0.29) is 12.1 Å². The summed E-state index contributed by atoms with van der Waals surface area (Å²) in [6.07, 6.45) is 0.808. The molecule has 0 bridgehead atoms.